The van der Waals surface area contributed by atoms with Crippen molar-refractivity contribution in [1.82, 2.24) is 4.90 Å². The topological polar surface area (TPSA) is 109 Å². The normalized spacial score (nSPS) is 29.0. The van der Waals surface area contributed by atoms with E-state index in [9.17, 15) is 20.1 Å². The number of hydrogen-bond donors (Lipinski definition) is 3. The van der Waals surface area contributed by atoms with Gasteiger partial charge >= 0.3 is 5.97 Å². The van der Waals surface area contributed by atoms with Crippen molar-refractivity contribution in [2.45, 2.75) is 90.4 Å². The van der Waals surface area contributed by atoms with Gasteiger partial charge in [0, 0.05) is 12.0 Å². The molecule has 0 aromatic heterocycles. The SMILES string of the molecule is CC(C)=CCc1cc(C(=O)OC[C@@H]2CCN3CCC[C@@H]23)cc(CC=C(C)C)c1O[C@@H]1OC[C@H](O)[C@H](O)[C@H]1O. The Hall–Kier alpha value is -2.23. The van der Waals surface area contributed by atoms with Crippen molar-refractivity contribution in [2.24, 2.45) is 5.92 Å². The van der Waals surface area contributed by atoms with E-state index in [1.807, 2.05) is 39.8 Å². The molecule has 0 spiro atoms. The van der Waals surface area contributed by atoms with Gasteiger partial charge in [0.05, 0.1) is 18.8 Å². The lowest BCUT2D eigenvalue weighted by atomic mass is 9.97. The van der Waals surface area contributed by atoms with E-state index in [2.05, 4.69) is 4.90 Å². The number of aliphatic hydroxyl groups is 3. The molecular formula is C30H43NO7. The summed E-state index contributed by atoms with van der Waals surface area (Å²) in [6.45, 7) is 10.5. The zero-order chi connectivity index (χ0) is 27.4. The fourth-order valence-corrected chi connectivity index (χ4v) is 5.60. The molecular weight excluding hydrogens is 486 g/mol. The van der Waals surface area contributed by atoms with E-state index in [1.165, 1.54) is 12.8 Å². The molecule has 0 saturated carbocycles. The van der Waals surface area contributed by atoms with E-state index < -0.39 is 24.6 Å². The minimum Gasteiger partial charge on any atom is -0.462 e. The van der Waals surface area contributed by atoms with Crippen LogP contribution in [0.25, 0.3) is 0 Å². The average Bonchev–Trinajstić information content (AvgIpc) is 3.50. The van der Waals surface area contributed by atoms with Gasteiger partial charge in [-0.1, -0.05) is 23.3 Å². The lowest BCUT2D eigenvalue weighted by Crippen LogP contribution is -2.54. The summed E-state index contributed by atoms with van der Waals surface area (Å²) in [4.78, 5) is 15.8. The van der Waals surface area contributed by atoms with E-state index in [0.717, 1.165) is 41.8 Å². The molecule has 3 aliphatic heterocycles. The fraction of sp³-hybridized carbons (Fsp3) is 0.633. The number of aliphatic hydroxyl groups excluding tert-OH is 3. The van der Waals surface area contributed by atoms with Crippen molar-refractivity contribution in [2.75, 3.05) is 26.3 Å². The van der Waals surface area contributed by atoms with Crippen LogP contribution in [0.15, 0.2) is 35.4 Å². The molecule has 8 nitrogen and oxygen atoms in total. The molecule has 6 atom stereocenters. The first-order valence-electron chi connectivity index (χ1n) is 13.8. The molecule has 3 fully saturated rings. The van der Waals surface area contributed by atoms with Gasteiger partial charge in [0.25, 0.3) is 0 Å². The second-order valence-corrected chi connectivity index (χ2v) is 11.4. The van der Waals surface area contributed by atoms with Crippen molar-refractivity contribution in [3.05, 3.63) is 52.1 Å². The summed E-state index contributed by atoms with van der Waals surface area (Å²) in [6.07, 6.45) is 3.43. The molecule has 0 unspecified atom stereocenters. The summed E-state index contributed by atoms with van der Waals surface area (Å²) >= 11 is 0. The van der Waals surface area contributed by atoms with Crippen LogP contribution in [-0.2, 0) is 22.3 Å². The minimum atomic E-state index is -1.42. The number of hydrogen-bond acceptors (Lipinski definition) is 8. The zero-order valence-corrected chi connectivity index (χ0v) is 23.1. The highest BCUT2D eigenvalue weighted by atomic mass is 16.7. The molecule has 1 aromatic rings. The first-order valence-corrected chi connectivity index (χ1v) is 13.8. The highest BCUT2D eigenvalue weighted by Gasteiger charge is 2.40. The lowest BCUT2D eigenvalue weighted by molar-refractivity contribution is -0.242. The van der Waals surface area contributed by atoms with Crippen LogP contribution in [0.2, 0.25) is 0 Å². The molecule has 3 N–H and O–H groups in total. The Morgan fingerprint density at radius 2 is 1.66 bits per heavy atom. The van der Waals surface area contributed by atoms with E-state index in [1.54, 1.807) is 12.1 Å². The Balaban J connectivity index is 1.61. The van der Waals surface area contributed by atoms with Crippen molar-refractivity contribution in [3.8, 4) is 5.75 Å². The van der Waals surface area contributed by atoms with Crippen molar-refractivity contribution in [1.29, 1.82) is 0 Å². The molecule has 3 aliphatic rings. The van der Waals surface area contributed by atoms with Crippen LogP contribution in [0.5, 0.6) is 5.75 Å². The Morgan fingerprint density at radius 3 is 2.29 bits per heavy atom. The molecule has 0 aliphatic carbocycles. The van der Waals surface area contributed by atoms with Gasteiger partial charge in [0.1, 0.15) is 24.1 Å². The van der Waals surface area contributed by atoms with Crippen molar-refractivity contribution in [3.63, 3.8) is 0 Å². The molecule has 3 saturated heterocycles. The largest absolute Gasteiger partial charge is 0.462 e. The Morgan fingerprint density at radius 1 is 1.00 bits per heavy atom. The van der Waals surface area contributed by atoms with E-state index in [0.29, 0.717) is 42.7 Å². The second-order valence-electron chi connectivity index (χ2n) is 11.4. The van der Waals surface area contributed by atoms with Crippen molar-refractivity contribution >= 4 is 5.97 Å². The monoisotopic (exact) mass is 529 g/mol. The minimum absolute atomic E-state index is 0.153. The van der Waals surface area contributed by atoms with Crippen LogP contribution in [-0.4, -0.2) is 83.1 Å². The highest BCUT2D eigenvalue weighted by molar-refractivity contribution is 5.90. The fourth-order valence-electron chi connectivity index (χ4n) is 5.60. The first-order chi connectivity index (χ1) is 18.1. The van der Waals surface area contributed by atoms with Gasteiger partial charge < -0.3 is 29.5 Å². The lowest BCUT2D eigenvalue weighted by Gasteiger charge is -2.35. The predicted molar refractivity (Wildman–Crippen MR) is 144 cm³/mol. The smallest absolute Gasteiger partial charge is 0.338 e. The Kier molecular flexibility index (Phi) is 9.65. The Labute approximate surface area is 225 Å². The van der Waals surface area contributed by atoms with Gasteiger partial charge in [-0.2, -0.15) is 0 Å². The third-order valence-electron chi connectivity index (χ3n) is 7.80. The molecule has 3 heterocycles. The maximum atomic E-state index is 13.3. The van der Waals surface area contributed by atoms with E-state index in [-0.39, 0.29) is 12.6 Å². The van der Waals surface area contributed by atoms with Gasteiger partial charge in [0.15, 0.2) is 0 Å². The molecule has 38 heavy (non-hydrogen) atoms. The summed E-state index contributed by atoms with van der Waals surface area (Å²) in [7, 11) is 0. The third-order valence-corrected chi connectivity index (χ3v) is 7.80. The van der Waals surface area contributed by atoms with Crippen LogP contribution < -0.4 is 4.74 Å². The number of rotatable bonds is 9. The molecule has 8 heteroatoms. The molecule has 1 aromatic carbocycles. The summed E-state index contributed by atoms with van der Waals surface area (Å²) < 4.78 is 17.6. The molecule has 210 valence electrons. The molecule has 0 amide bonds. The molecule has 4 rings (SSSR count). The van der Waals surface area contributed by atoms with E-state index in [4.69, 9.17) is 14.2 Å². The summed E-state index contributed by atoms with van der Waals surface area (Å²) in [5, 5.41) is 30.5. The van der Waals surface area contributed by atoms with Crippen LogP contribution in [0.1, 0.15) is 68.4 Å². The molecule has 0 bridgehead atoms. The van der Waals surface area contributed by atoms with Gasteiger partial charge in [-0.15, -0.1) is 0 Å². The number of allylic oxidation sites excluding steroid dienone is 4. The molecule has 0 radical (unpaired) electrons. The zero-order valence-electron chi connectivity index (χ0n) is 23.1. The van der Waals surface area contributed by atoms with Gasteiger partial charge in [-0.3, -0.25) is 4.90 Å². The van der Waals surface area contributed by atoms with Crippen molar-refractivity contribution < 1.29 is 34.3 Å². The quantitative estimate of drug-likeness (QED) is 0.331. The highest BCUT2D eigenvalue weighted by Crippen LogP contribution is 2.34. The standard InChI is InChI=1S/C30H43NO7/c1-18(2)7-9-20-14-23(29(35)36-16-22-11-13-31-12-5-6-24(22)31)15-21(10-8-19(3)4)28(20)38-30-27(34)26(33)25(32)17-37-30/h7-8,14-15,22,24-27,30,32-34H,5-6,9-13,16-17H2,1-4H3/t22-,24-,25-,26-,27+,30-/m0/s1. The summed E-state index contributed by atoms with van der Waals surface area (Å²) in [5.41, 5.74) is 4.22. The van der Waals surface area contributed by atoms with Gasteiger partial charge in [-0.25, -0.2) is 4.79 Å². The number of carbonyl (C=O) groups excluding carboxylic acids is 1. The summed E-state index contributed by atoms with van der Waals surface area (Å²) in [5.74, 6) is 0.532. The van der Waals surface area contributed by atoms with Crippen LogP contribution in [0, 0.1) is 5.92 Å². The summed E-state index contributed by atoms with van der Waals surface area (Å²) in [6, 6.07) is 4.11. The van der Waals surface area contributed by atoms with Gasteiger partial charge in [-0.05, 0) is 96.1 Å². The third kappa shape index (κ3) is 6.85. The number of esters is 1. The van der Waals surface area contributed by atoms with E-state index >= 15 is 0 Å². The number of nitrogens with zero attached hydrogens (tertiary/aromatic N) is 1. The maximum absolute atomic E-state index is 13.3. The number of ether oxygens (including phenoxy) is 3. The van der Waals surface area contributed by atoms with Crippen LogP contribution in [0.4, 0.5) is 0 Å². The maximum Gasteiger partial charge on any atom is 0.338 e. The Bertz CT molecular complexity index is 1000. The predicted octanol–water partition coefficient (Wildman–Crippen LogP) is 3.16. The number of fused-ring (bicyclic) bond motifs is 1. The number of benzene rings is 1. The number of carbonyl (C=O) groups is 1. The second kappa shape index (κ2) is 12.7. The van der Waals surface area contributed by atoms with Crippen LogP contribution >= 0.6 is 0 Å². The van der Waals surface area contributed by atoms with Gasteiger partial charge in [0.2, 0.25) is 6.29 Å². The first kappa shape index (κ1) is 28.8. The van der Waals surface area contributed by atoms with Crippen LogP contribution in [0.3, 0.4) is 0 Å². The average molecular weight is 530 g/mol.